The van der Waals surface area contributed by atoms with Crippen molar-refractivity contribution in [2.75, 3.05) is 0 Å². The van der Waals surface area contributed by atoms with Gasteiger partial charge in [0.05, 0.1) is 6.21 Å². The standard InChI is InChI=1S/C21H23N3O/c1-4-13-24-16(3)19(18-11-7-8-12-20(18)24)14-22-23-21(25)17-10-6-5-9-15(17)2/h5-12,14H,4,13H2,1-3H3,(H,23,25)/b22-14-. The minimum Gasteiger partial charge on any atom is -0.344 e. The second-order valence-electron chi connectivity index (χ2n) is 6.18. The zero-order chi connectivity index (χ0) is 17.8. The maximum atomic E-state index is 12.3. The van der Waals surface area contributed by atoms with E-state index in [-0.39, 0.29) is 5.91 Å². The number of amides is 1. The van der Waals surface area contributed by atoms with Crippen molar-refractivity contribution in [3.63, 3.8) is 0 Å². The van der Waals surface area contributed by atoms with Gasteiger partial charge in [0.15, 0.2) is 0 Å². The van der Waals surface area contributed by atoms with Crippen molar-refractivity contribution in [1.29, 1.82) is 0 Å². The fourth-order valence-electron chi connectivity index (χ4n) is 3.18. The number of nitrogens with zero attached hydrogens (tertiary/aromatic N) is 2. The first-order valence-corrected chi connectivity index (χ1v) is 8.60. The van der Waals surface area contributed by atoms with Gasteiger partial charge in [0.25, 0.3) is 5.91 Å². The van der Waals surface area contributed by atoms with Gasteiger partial charge < -0.3 is 4.57 Å². The summed E-state index contributed by atoms with van der Waals surface area (Å²) < 4.78 is 2.31. The predicted octanol–water partition coefficient (Wildman–Crippen LogP) is 4.43. The number of fused-ring (bicyclic) bond motifs is 1. The average Bonchev–Trinajstić information content (AvgIpc) is 2.88. The molecule has 4 heteroatoms. The summed E-state index contributed by atoms with van der Waals surface area (Å²) in [6.07, 6.45) is 2.82. The van der Waals surface area contributed by atoms with Crippen molar-refractivity contribution in [3.8, 4) is 0 Å². The van der Waals surface area contributed by atoms with Crippen LogP contribution in [0.2, 0.25) is 0 Å². The molecule has 0 aliphatic heterocycles. The normalized spacial score (nSPS) is 11.3. The lowest BCUT2D eigenvalue weighted by Crippen LogP contribution is -2.18. The molecule has 0 radical (unpaired) electrons. The quantitative estimate of drug-likeness (QED) is 0.545. The largest absolute Gasteiger partial charge is 0.344 e. The monoisotopic (exact) mass is 333 g/mol. The molecule has 128 valence electrons. The zero-order valence-electron chi connectivity index (χ0n) is 14.9. The van der Waals surface area contributed by atoms with Gasteiger partial charge in [-0.1, -0.05) is 43.3 Å². The third-order valence-corrected chi connectivity index (χ3v) is 4.48. The van der Waals surface area contributed by atoms with Crippen LogP contribution in [-0.4, -0.2) is 16.7 Å². The van der Waals surface area contributed by atoms with Gasteiger partial charge in [-0.15, -0.1) is 0 Å². The molecule has 1 N–H and O–H groups in total. The van der Waals surface area contributed by atoms with E-state index in [0.29, 0.717) is 5.56 Å². The molecule has 0 aliphatic carbocycles. The van der Waals surface area contributed by atoms with E-state index in [2.05, 4.69) is 47.1 Å². The molecule has 0 saturated heterocycles. The van der Waals surface area contributed by atoms with Gasteiger partial charge in [-0.3, -0.25) is 4.79 Å². The van der Waals surface area contributed by atoms with Crippen LogP contribution in [0.3, 0.4) is 0 Å². The van der Waals surface area contributed by atoms with E-state index in [1.165, 1.54) is 5.52 Å². The third-order valence-electron chi connectivity index (χ3n) is 4.48. The summed E-state index contributed by atoms with van der Waals surface area (Å²) in [5.41, 5.74) is 7.64. The summed E-state index contributed by atoms with van der Waals surface area (Å²) in [6.45, 7) is 7.15. The van der Waals surface area contributed by atoms with Crippen LogP contribution in [0.5, 0.6) is 0 Å². The van der Waals surface area contributed by atoms with Gasteiger partial charge in [-0.25, -0.2) is 5.43 Å². The molecule has 0 fully saturated rings. The Morgan fingerprint density at radius 3 is 2.60 bits per heavy atom. The molecule has 0 bridgehead atoms. The highest BCUT2D eigenvalue weighted by atomic mass is 16.2. The molecular formula is C21H23N3O. The van der Waals surface area contributed by atoms with Gasteiger partial charge >= 0.3 is 0 Å². The van der Waals surface area contributed by atoms with Crippen molar-refractivity contribution in [3.05, 3.63) is 70.9 Å². The Kier molecular flexibility index (Phi) is 4.98. The number of carbonyl (C=O) groups excluding carboxylic acids is 1. The lowest BCUT2D eigenvalue weighted by Gasteiger charge is -2.05. The van der Waals surface area contributed by atoms with Crippen molar-refractivity contribution in [1.82, 2.24) is 9.99 Å². The average molecular weight is 333 g/mol. The number of benzene rings is 2. The van der Waals surface area contributed by atoms with E-state index < -0.39 is 0 Å². The van der Waals surface area contributed by atoms with Crippen molar-refractivity contribution >= 4 is 23.0 Å². The lowest BCUT2D eigenvalue weighted by atomic mass is 10.1. The van der Waals surface area contributed by atoms with E-state index in [0.717, 1.165) is 35.2 Å². The summed E-state index contributed by atoms with van der Waals surface area (Å²) in [7, 11) is 0. The Balaban J connectivity index is 1.88. The fourth-order valence-corrected chi connectivity index (χ4v) is 3.18. The number of hydrogen-bond acceptors (Lipinski definition) is 2. The van der Waals surface area contributed by atoms with Crippen LogP contribution in [0, 0.1) is 13.8 Å². The second kappa shape index (κ2) is 7.34. The van der Waals surface area contributed by atoms with E-state index in [4.69, 9.17) is 0 Å². The van der Waals surface area contributed by atoms with Crippen LogP contribution in [0.4, 0.5) is 0 Å². The number of aryl methyl sites for hydroxylation is 2. The van der Waals surface area contributed by atoms with Crippen molar-refractivity contribution in [2.24, 2.45) is 5.10 Å². The molecule has 0 unspecified atom stereocenters. The van der Waals surface area contributed by atoms with Crippen LogP contribution in [-0.2, 0) is 6.54 Å². The molecule has 2 aromatic carbocycles. The van der Waals surface area contributed by atoms with E-state index in [9.17, 15) is 4.79 Å². The zero-order valence-corrected chi connectivity index (χ0v) is 14.9. The summed E-state index contributed by atoms with van der Waals surface area (Å²) in [6, 6.07) is 15.8. The summed E-state index contributed by atoms with van der Waals surface area (Å²) >= 11 is 0. The third kappa shape index (κ3) is 3.33. The first kappa shape index (κ1) is 17.0. The van der Waals surface area contributed by atoms with Crippen molar-refractivity contribution < 1.29 is 4.79 Å². The molecule has 1 amide bonds. The molecule has 0 aliphatic rings. The van der Waals surface area contributed by atoms with Crippen LogP contribution in [0.1, 0.15) is 40.5 Å². The Labute approximate surface area is 148 Å². The highest BCUT2D eigenvalue weighted by molar-refractivity contribution is 6.02. The smallest absolute Gasteiger partial charge is 0.271 e. The maximum absolute atomic E-state index is 12.3. The molecule has 0 saturated carbocycles. The second-order valence-corrected chi connectivity index (χ2v) is 6.18. The molecule has 3 aromatic rings. The lowest BCUT2D eigenvalue weighted by molar-refractivity contribution is 0.0954. The number of carbonyl (C=O) groups is 1. The molecule has 0 spiro atoms. The van der Waals surface area contributed by atoms with Gasteiger partial charge in [0, 0.05) is 34.3 Å². The molecular weight excluding hydrogens is 310 g/mol. The highest BCUT2D eigenvalue weighted by Gasteiger charge is 2.12. The number of aromatic nitrogens is 1. The first-order valence-electron chi connectivity index (χ1n) is 8.60. The fraction of sp³-hybridized carbons (Fsp3) is 0.238. The maximum Gasteiger partial charge on any atom is 0.271 e. The topological polar surface area (TPSA) is 46.4 Å². The number of rotatable bonds is 5. The number of para-hydroxylation sites is 1. The molecule has 0 atom stereocenters. The van der Waals surface area contributed by atoms with Gasteiger partial charge in [0.1, 0.15) is 0 Å². The van der Waals surface area contributed by atoms with Gasteiger partial charge in [-0.05, 0) is 38.0 Å². The first-order chi connectivity index (χ1) is 12.1. The Hall–Kier alpha value is -2.88. The van der Waals surface area contributed by atoms with Crippen LogP contribution < -0.4 is 5.43 Å². The van der Waals surface area contributed by atoms with Crippen molar-refractivity contribution in [2.45, 2.75) is 33.7 Å². The minimum absolute atomic E-state index is 0.190. The Morgan fingerprint density at radius 2 is 1.84 bits per heavy atom. The molecule has 3 rings (SSSR count). The number of hydrazone groups is 1. The highest BCUT2D eigenvalue weighted by Crippen LogP contribution is 2.24. The SMILES string of the molecule is CCCn1c(C)c(/C=N\NC(=O)c2ccccc2C)c2ccccc21. The molecule has 1 aromatic heterocycles. The van der Waals surface area contributed by atoms with Crippen LogP contribution in [0.15, 0.2) is 53.6 Å². The summed E-state index contributed by atoms with van der Waals surface area (Å²) in [5, 5.41) is 5.36. The predicted molar refractivity (Wildman–Crippen MR) is 103 cm³/mol. The number of nitrogens with one attached hydrogen (secondary N) is 1. The number of hydrogen-bond donors (Lipinski definition) is 1. The van der Waals surface area contributed by atoms with E-state index in [1.807, 2.05) is 31.2 Å². The molecule has 1 heterocycles. The van der Waals surface area contributed by atoms with Gasteiger partial charge in [0.2, 0.25) is 0 Å². The van der Waals surface area contributed by atoms with Crippen LogP contribution in [0.25, 0.3) is 10.9 Å². The summed E-state index contributed by atoms with van der Waals surface area (Å²) in [5.74, 6) is -0.190. The van der Waals surface area contributed by atoms with E-state index >= 15 is 0 Å². The summed E-state index contributed by atoms with van der Waals surface area (Å²) in [4.78, 5) is 12.3. The van der Waals surface area contributed by atoms with E-state index in [1.54, 1.807) is 12.3 Å². The molecule has 25 heavy (non-hydrogen) atoms. The minimum atomic E-state index is -0.190. The molecule has 4 nitrogen and oxygen atoms in total. The Bertz CT molecular complexity index is 937. The Morgan fingerprint density at radius 1 is 1.12 bits per heavy atom. The van der Waals surface area contributed by atoms with Crippen LogP contribution >= 0.6 is 0 Å². The van der Waals surface area contributed by atoms with Gasteiger partial charge in [-0.2, -0.15) is 5.10 Å².